The number of carbonyl (C=O) groups is 1. The summed E-state index contributed by atoms with van der Waals surface area (Å²) in [7, 11) is -1.80. The molecule has 1 fully saturated rings. The topological polar surface area (TPSA) is 100 Å². The molecular weight excluding hydrogens is 398 g/mol. The molecule has 0 bridgehead atoms. The Morgan fingerprint density at radius 2 is 2.18 bits per heavy atom. The van der Waals surface area contributed by atoms with Crippen LogP contribution in [0.5, 0.6) is 0 Å². The third-order valence-corrected chi connectivity index (χ3v) is 7.43. The predicted molar refractivity (Wildman–Crippen MR) is 108 cm³/mol. The molecule has 0 saturated carbocycles. The van der Waals surface area contributed by atoms with Crippen molar-refractivity contribution in [2.75, 3.05) is 13.1 Å². The van der Waals surface area contributed by atoms with E-state index in [1.165, 1.54) is 10.4 Å². The lowest BCUT2D eigenvalue weighted by Crippen LogP contribution is -2.42. The molecule has 2 N–H and O–H groups in total. The van der Waals surface area contributed by atoms with Gasteiger partial charge in [0.1, 0.15) is 5.82 Å². The van der Waals surface area contributed by atoms with E-state index in [4.69, 9.17) is 12.2 Å². The lowest BCUT2D eigenvalue weighted by Gasteiger charge is -2.32. The first kappa shape index (κ1) is 20.7. The van der Waals surface area contributed by atoms with Gasteiger partial charge in [0.25, 0.3) is 5.91 Å². The summed E-state index contributed by atoms with van der Waals surface area (Å²) in [6.07, 6.45) is 3.27. The van der Waals surface area contributed by atoms with Crippen LogP contribution in [0.2, 0.25) is 0 Å². The van der Waals surface area contributed by atoms with Gasteiger partial charge in [0, 0.05) is 38.2 Å². The molecule has 10 heteroatoms. The third-order valence-electron chi connectivity index (χ3n) is 5.05. The smallest absolute Gasteiger partial charge is 0.251 e. The number of carbonyl (C=O) groups excluding carboxylic acids is 1. The molecule has 28 heavy (non-hydrogen) atoms. The molecule has 0 spiro atoms. The molecule has 2 heterocycles. The lowest BCUT2D eigenvalue weighted by molar-refractivity contribution is 0.0953. The van der Waals surface area contributed by atoms with Gasteiger partial charge in [-0.25, -0.2) is 8.42 Å². The third kappa shape index (κ3) is 4.34. The van der Waals surface area contributed by atoms with Crippen LogP contribution in [0.15, 0.2) is 29.2 Å². The van der Waals surface area contributed by atoms with Crippen LogP contribution in [0.1, 0.15) is 42.4 Å². The van der Waals surface area contributed by atoms with Crippen LogP contribution in [0.4, 0.5) is 0 Å². The van der Waals surface area contributed by atoms with Gasteiger partial charge in [0.2, 0.25) is 10.0 Å². The second-order valence-corrected chi connectivity index (χ2v) is 9.28. The van der Waals surface area contributed by atoms with Gasteiger partial charge in [-0.15, -0.1) is 0 Å². The Bertz CT molecular complexity index is 1010. The number of piperidine rings is 1. The molecule has 1 aromatic carbocycles. The van der Waals surface area contributed by atoms with Crippen LogP contribution in [0.3, 0.4) is 0 Å². The average molecular weight is 424 g/mol. The van der Waals surface area contributed by atoms with E-state index in [-0.39, 0.29) is 16.8 Å². The number of hydrogen-bond acceptors (Lipinski definition) is 5. The first-order valence-electron chi connectivity index (χ1n) is 9.31. The first-order valence-corrected chi connectivity index (χ1v) is 11.2. The van der Waals surface area contributed by atoms with E-state index in [2.05, 4.69) is 15.5 Å². The van der Waals surface area contributed by atoms with Crippen molar-refractivity contribution in [2.24, 2.45) is 7.05 Å². The van der Waals surface area contributed by atoms with E-state index in [0.717, 1.165) is 25.1 Å². The normalized spacial score (nSPS) is 18.1. The fraction of sp³-hybridized carbons (Fsp3) is 0.500. The van der Waals surface area contributed by atoms with Gasteiger partial charge in [-0.05, 0) is 50.2 Å². The van der Waals surface area contributed by atoms with Crippen molar-refractivity contribution in [3.63, 3.8) is 0 Å². The van der Waals surface area contributed by atoms with E-state index >= 15 is 0 Å². The number of aromatic nitrogens is 3. The van der Waals surface area contributed by atoms with Crippen LogP contribution in [-0.4, -0.2) is 52.5 Å². The summed E-state index contributed by atoms with van der Waals surface area (Å²) >= 11 is 5.06. The minimum absolute atomic E-state index is 0.0277. The summed E-state index contributed by atoms with van der Waals surface area (Å²) in [6.45, 7) is 2.81. The second-order valence-electron chi connectivity index (χ2n) is 7.00. The van der Waals surface area contributed by atoms with Gasteiger partial charge in [-0.1, -0.05) is 12.5 Å². The van der Waals surface area contributed by atoms with Crippen LogP contribution >= 0.6 is 12.2 Å². The number of nitrogens with zero attached hydrogens (tertiary/aromatic N) is 3. The molecule has 2 aromatic rings. The maximum Gasteiger partial charge on any atom is 0.251 e. The Balaban J connectivity index is 1.69. The molecule has 1 aromatic heterocycles. The number of nitrogens with one attached hydrogen (secondary N) is 2. The van der Waals surface area contributed by atoms with Crippen LogP contribution < -0.4 is 5.32 Å². The van der Waals surface area contributed by atoms with Gasteiger partial charge < -0.3 is 9.88 Å². The van der Waals surface area contributed by atoms with E-state index in [1.807, 2.05) is 6.92 Å². The van der Waals surface area contributed by atoms with Crippen molar-refractivity contribution in [1.29, 1.82) is 0 Å². The van der Waals surface area contributed by atoms with Crippen molar-refractivity contribution in [1.82, 2.24) is 24.4 Å². The average Bonchev–Trinajstić information content (AvgIpc) is 3.00. The van der Waals surface area contributed by atoms with Crippen molar-refractivity contribution in [2.45, 2.75) is 43.5 Å². The molecule has 0 radical (unpaired) electrons. The largest absolute Gasteiger partial charge is 0.352 e. The summed E-state index contributed by atoms with van der Waals surface area (Å²) in [4.78, 5) is 12.6. The SMILES string of the molecule is CC1CCCCN1S(=O)(=O)c1cccc(C(=O)NCCc2n[nH]c(=S)n2C)c1. The van der Waals surface area contributed by atoms with E-state index < -0.39 is 10.0 Å². The fourth-order valence-electron chi connectivity index (χ4n) is 3.36. The number of amides is 1. The predicted octanol–water partition coefficient (Wildman–Crippen LogP) is 2.01. The lowest BCUT2D eigenvalue weighted by atomic mass is 10.1. The summed E-state index contributed by atoms with van der Waals surface area (Å²) in [5.41, 5.74) is 0.320. The Morgan fingerprint density at radius 1 is 1.39 bits per heavy atom. The zero-order valence-corrected chi connectivity index (χ0v) is 17.6. The highest BCUT2D eigenvalue weighted by Crippen LogP contribution is 2.25. The molecule has 3 rings (SSSR count). The second kappa shape index (κ2) is 8.54. The van der Waals surface area contributed by atoms with E-state index in [9.17, 15) is 13.2 Å². The molecule has 8 nitrogen and oxygen atoms in total. The molecule has 152 valence electrons. The number of benzene rings is 1. The van der Waals surface area contributed by atoms with Crippen LogP contribution in [-0.2, 0) is 23.5 Å². The highest BCUT2D eigenvalue weighted by atomic mass is 32.2. The van der Waals surface area contributed by atoms with Crippen molar-refractivity contribution < 1.29 is 13.2 Å². The van der Waals surface area contributed by atoms with Crippen LogP contribution in [0.25, 0.3) is 0 Å². The zero-order valence-electron chi connectivity index (χ0n) is 16.0. The van der Waals surface area contributed by atoms with Crippen molar-refractivity contribution in [3.05, 3.63) is 40.4 Å². The molecule has 1 saturated heterocycles. The highest BCUT2D eigenvalue weighted by Gasteiger charge is 2.31. The molecule has 1 aliphatic heterocycles. The fourth-order valence-corrected chi connectivity index (χ4v) is 5.25. The van der Waals surface area contributed by atoms with Gasteiger partial charge in [0.05, 0.1) is 4.90 Å². The summed E-state index contributed by atoms with van der Waals surface area (Å²) in [5.74, 6) is 0.418. The Kier molecular flexibility index (Phi) is 6.31. The number of aromatic amines is 1. The van der Waals surface area contributed by atoms with Gasteiger partial charge >= 0.3 is 0 Å². The molecule has 1 unspecified atom stereocenters. The van der Waals surface area contributed by atoms with Gasteiger partial charge in [-0.3, -0.25) is 9.89 Å². The standard InChI is InChI=1S/C18H25N5O3S2/c1-13-6-3-4-11-23(13)28(25,26)15-8-5-7-14(12-15)17(24)19-10-9-16-20-21-18(27)22(16)2/h5,7-8,12-13H,3-4,6,9-11H2,1-2H3,(H,19,24)(H,21,27). The number of hydrogen-bond donors (Lipinski definition) is 2. The summed E-state index contributed by atoms with van der Waals surface area (Å²) in [5, 5.41) is 9.60. The monoisotopic (exact) mass is 423 g/mol. The minimum Gasteiger partial charge on any atom is -0.352 e. The van der Waals surface area contributed by atoms with Crippen molar-refractivity contribution >= 4 is 28.1 Å². The molecule has 1 amide bonds. The zero-order chi connectivity index (χ0) is 20.3. The molecule has 0 aliphatic carbocycles. The summed E-state index contributed by atoms with van der Waals surface area (Å²) < 4.78 is 29.8. The first-order chi connectivity index (χ1) is 13.3. The quantitative estimate of drug-likeness (QED) is 0.693. The van der Waals surface area contributed by atoms with Crippen LogP contribution in [0, 0.1) is 4.77 Å². The maximum atomic E-state index is 13.0. The molecule has 1 atom stereocenters. The van der Waals surface area contributed by atoms with Crippen molar-refractivity contribution in [3.8, 4) is 0 Å². The number of H-pyrrole nitrogens is 1. The Labute approximate surface area is 170 Å². The Hall–Kier alpha value is -2.04. The van der Waals surface area contributed by atoms with Gasteiger partial charge in [0.15, 0.2) is 4.77 Å². The van der Waals surface area contributed by atoms with E-state index in [0.29, 0.717) is 29.8 Å². The number of sulfonamides is 1. The van der Waals surface area contributed by atoms with Gasteiger partial charge in [-0.2, -0.15) is 9.40 Å². The molecule has 1 aliphatic rings. The number of rotatable bonds is 6. The highest BCUT2D eigenvalue weighted by molar-refractivity contribution is 7.89. The minimum atomic E-state index is -3.61. The van der Waals surface area contributed by atoms with E-state index in [1.54, 1.807) is 29.8 Å². The maximum absolute atomic E-state index is 13.0. The molecular formula is C18H25N5O3S2. The summed E-state index contributed by atoms with van der Waals surface area (Å²) in [6, 6.07) is 6.18. The Morgan fingerprint density at radius 3 is 2.86 bits per heavy atom.